The first kappa shape index (κ1) is 20.0. The van der Waals surface area contributed by atoms with Gasteiger partial charge in [0, 0.05) is 26.8 Å². The Morgan fingerprint density at radius 1 is 1.13 bits per heavy atom. The van der Waals surface area contributed by atoms with E-state index in [-0.39, 0.29) is 0 Å². The largest absolute Gasteiger partial charge is 0.503 e. The van der Waals surface area contributed by atoms with Crippen molar-refractivity contribution in [3.63, 3.8) is 0 Å². The highest BCUT2D eigenvalue weighted by Gasteiger charge is 2.45. The number of nitrogens with one attached hydrogen (secondary N) is 2. The van der Waals surface area contributed by atoms with Crippen molar-refractivity contribution in [1.82, 2.24) is 10.6 Å². The Labute approximate surface area is 141 Å². The molecule has 23 heavy (non-hydrogen) atoms. The van der Waals surface area contributed by atoms with Crippen molar-refractivity contribution < 1.29 is 13.3 Å². The molecule has 0 amide bonds. The minimum atomic E-state index is -2.77. The molecule has 1 atom stereocenters. The summed E-state index contributed by atoms with van der Waals surface area (Å²) in [6, 6.07) is 10.9. The van der Waals surface area contributed by atoms with Crippen LogP contribution in [-0.2, 0) is 19.8 Å². The van der Waals surface area contributed by atoms with Crippen molar-refractivity contribution in [2.24, 2.45) is 0 Å². The van der Waals surface area contributed by atoms with Crippen LogP contribution in [-0.4, -0.2) is 35.4 Å². The first-order valence-corrected chi connectivity index (χ1v) is 10.0. The van der Waals surface area contributed by atoms with Crippen LogP contribution >= 0.6 is 0 Å². The molecule has 1 aromatic rings. The van der Waals surface area contributed by atoms with Crippen molar-refractivity contribution in [3.05, 3.63) is 48.6 Å². The van der Waals surface area contributed by atoms with Gasteiger partial charge in [-0.15, -0.1) is 0 Å². The minimum absolute atomic E-state index is 0.643. The molecule has 2 N–H and O–H groups in total. The van der Waals surface area contributed by atoms with Crippen molar-refractivity contribution in [2.45, 2.75) is 38.7 Å². The maximum atomic E-state index is 6.33. The summed E-state index contributed by atoms with van der Waals surface area (Å²) in [6.45, 7) is 9.41. The molecule has 0 heterocycles. The summed E-state index contributed by atoms with van der Waals surface area (Å²) in [4.78, 5) is 0. The third-order valence-corrected chi connectivity index (χ3v) is 6.61. The average molecular weight is 339 g/mol. The van der Waals surface area contributed by atoms with Gasteiger partial charge in [0.05, 0.1) is 0 Å². The molecule has 130 valence electrons. The monoisotopic (exact) mass is 338 g/mol. The lowest BCUT2D eigenvalue weighted by Gasteiger charge is -2.39. The van der Waals surface area contributed by atoms with Crippen molar-refractivity contribution in [2.75, 3.05) is 20.8 Å². The Hall–Kier alpha value is -1.02. The molecule has 0 bridgehead atoms. The number of rotatable bonds is 12. The van der Waals surface area contributed by atoms with Gasteiger partial charge >= 0.3 is 8.80 Å². The van der Waals surface area contributed by atoms with E-state index < -0.39 is 14.7 Å². The van der Waals surface area contributed by atoms with E-state index in [1.165, 1.54) is 0 Å². The smallest absolute Gasteiger partial charge is 0.377 e. The second-order valence-corrected chi connectivity index (χ2v) is 8.14. The zero-order chi connectivity index (χ0) is 17.2. The standard InChI is InChI=1S/C17H30N2O3Si/c1-6-14-23(20-4,21-5)22-17(7-2,18-8-3)19-15-16-12-10-9-11-13-16/h7,9-13,18-19H,2,6,8,14-15H2,1,3-5H3. The van der Waals surface area contributed by atoms with Gasteiger partial charge in [0.25, 0.3) is 0 Å². The molecule has 5 nitrogen and oxygen atoms in total. The Morgan fingerprint density at radius 3 is 2.26 bits per heavy atom. The van der Waals surface area contributed by atoms with E-state index >= 15 is 0 Å². The maximum absolute atomic E-state index is 6.33. The van der Waals surface area contributed by atoms with E-state index in [0.29, 0.717) is 6.54 Å². The third-order valence-electron chi connectivity index (χ3n) is 3.62. The van der Waals surface area contributed by atoms with Crippen LogP contribution in [0, 0.1) is 0 Å². The van der Waals surface area contributed by atoms with E-state index in [9.17, 15) is 0 Å². The summed E-state index contributed by atoms with van der Waals surface area (Å²) in [6.07, 6.45) is 2.65. The Morgan fingerprint density at radius 2 is 1.78 bits per heavy atom. The van der Waals surface area contributed by atoms with Gasteiger partial charge in [-0.25, -0.2) is 0 Å². The third kappa shape index (κ3) is 5.84. The zero-order valence-electron chi connectivity index (χ0n) is 14.7. The quantitative estimate of drug-likeness (QED) is 0.349. The van der Waals surface area contributed by atoms with E-state index in [4.69, 9.17) is 13.3 Å². The molecule has 0 spiro atoms. The van der Waals surface area contributed by atoms with Crippen molar-refractivity contribution in [3.8, 4) is 0 Å². The van der Waals surface area contributed by atoms with E-state index in [0.717, 1.165) is 24.6 Å². The molecule has 0 saturated carbocycles. The van der Waals surface area contributed by atoms with Gasteiger partial charge in [-0.2, -0.15) is 0 Å². The molecule has 1 rings (SSSR count). The van der Waals surface area contributed by atoms with Crippen LogP contribution in [0.1, 0.15) is 25.8 Å². The summed E-state index contributed by atoms with van der Waals surface area (Å²) in [5, 5.41) is 6.73. The molecule has 0 aromatic heterocycles. The van der Waals surface area contributed by atoms with Crippen LogP contribution < -0.4 is 10.6 Å². The van der Waals surface area contributed by atoms with Gasteiger partial charge < -0.3 is 13.3 Å². The lowest BCUT2D eigenvalue weighted by atomic mass is 10.2. The first-order chi connectivity index (χ1) is 11.1. The SMILES string of the molecule is C=CC(NCC)(NCc1ccccc1)O[Si](CCC)(OC)OC. The van der Waals surface area contributed by atoms with Gasteiger partial charge in [-0.05, 0) is 18.2 Å². The lowest BCUT2D eigenvalue weighted by molar-refractivity contribution is -0.0304. The van der Waals surface area contributed by atoms with Crippen LogP contribution in [0.4, 0.5) is 0 Å². The molecule has 0 radical (unpaired) electrons. The Bertz CT molecular complexity index is 454. The highest BCUT2D eigenvalue weighted by atomic mass is 28.4. The van der Waals surface area contributed by atoms with Gasteiger partial charge in [0.1, 0.15) is 0 Å². The van der Waals surface area contributed by atoms with E-state index in [1.54, 1.807) is 20.3 Å². The fourth-order valence-corrected chi connectivity index (χ4v) is 4.56. The minimum Gasteiger partial charge on any atom is -0.377 e. The average Bonchev–Trinajstić information content (AvgIpc) is 2.60. The molecule has 1 aromatic carbocycles. The molecule has 6 heteroatoms. The first-order valence-electron chi connectivity index (χ1n) is 8.07. The second kappa shape index (κ2) is 9.97. The lowest BCUT2D eigenvalue weighted by Crippen LogP contribution is -2.64. The van der Waals surface area contributed by atoms with Crippen LogP contribution in [0.25, 0.3) is 0 Å². The zero-order valence-corrected chi connectivity index (χ0v) is 15.7. The highest BCUT2D eigenvalue weighted by molar-refractivity contribution is 6.60. The number of hydrogen-bond acceptors (Lipinski definition) is 5. The van der Waals surface area contributed by atoms with Gasteiger partial charge in [0.15, 0.2) is 5.85 Å². The Kier molecular flexibility index (Phi) is 8.68. The maximum Gasteiger partial charge on any atom is 0.503 e. The fraction of sp³-hybridized carbons (Fsp3) is 0.529. The number of likely N-dealkylation sites (N-methyl/N-ethyl adjacent to an activating group) is 1. The number of hydrogen-bond donors (Lipinski definition) is 2. The number of benzene rings is 1. The summed E-state index contributed by atoms with van der Waals surface area (Å²) in [7, 11) is 0.511. The van der Waals surface area contributed by atoms with E-state index in [2.05, 4.69) is 36.3 Å². The van der Waals surface area contributed by atoms with Gasteiger partial charge in [0.2, 0.25) is 0 Å². The molecular formula is C17H30N2O3Si. The van der Waals surface area contributed by atoms with Crippen LogP contribution in [0.2, 0.25) is 6.04 Å². The van der Waals surface area contributed by atoms with E-state index in [1.807, 2.05) is 25.1 Å². The normalized spacial score (nSPS) is 14.4. The summed E-state index contributed by atoms with van der Waals surface area (Å²) >= 11 is 0. The predicted octanol–water partition coefficient (Wildman–Crippen LogP) is 2.88. The van der Waals surface area contributed by atoms with Crippen LogP contribution in [0.15, 0.2) is 43.0 Å². The molecule has 0 saturated heterocycles. The topological polar surface area (TPSA) is 51.8 Å². The molecular weight excluding hydrogens is 308 g/mol. The van der Waals surface area contributed by atoms with Crippen molar-refractivity contribution >= 4 is 8.80 Å². The molecule has 0 fully saturated rings. The summed E-state index contributed by atoms with van der Waals surface area (Å²) < 4.78 is 17.6. The van der Waals surface area contributed by atoms with Gasteiger partial charge in [-0.1, -0.05) is 57.2 Å². The summed E-state index contributed by atoms with van der Waals surface area (Å²) in [5.74, 6) is -0.891. The van der Waals surface area contributed by atoms with Gasteiger partial charge in [-0.3, -0.25) is 10.6 Å². The second-order valence-electron chi connectivity index (χ2n) is 5.25. The molecule has 0 aliphatic carbocycles. The van der Waals surface area contributed by atoms with Crippen LogP contribution in [0.5, 0.6) is 0 Å². The molecule has 0 aliphatic rings. The fourth-order valence-electron chi connectivity index (χ4n) is 2.39. The molecule has 0 aliphatic heterocycles. The Balaban J connectivity index is 2.93. The summed E-state index contributed by atoms with van der Waals surface area (Å²) in [5.41, 5.74) is 1.16. The van der Waals surface area contributed by atoms with Crippen LogP contribution in [0.3, 0.4) is 0 Å². The van der Waals surface area contributed by atoms with Crippen molar-refractivity contribution in [1.29, 1.82) is 0 Å². The predicted molar refractivity (Wildman–Crippen MR) is 95.8 cm³/mol. The molecule has 1 unspecified atom stereocenters. The highest BCUT2D eigenvalue weighted by Crippen LogP contribution is 2.22.